The Bertz CT molecular complexity index is 3850. The maximum atomic E-state index is 3.36. The van der Waals surface area contributed by atoms with Crippen LogP contribution in [0.3, 0.4) is 0 Å². The summed E-state index contributed by atoms with van der Waals surface area (Å²) in [7, 11) is 0. The highest BCUT2D eigenvalue weighted by Crippen LogP contribution is 2.44. The molecule has 0 spiro atoms. The first kappa shape index (κ1) is 38.5. The lowest BCUT2D eigenvalue weighted by Gasteiger charge is -2.13. The number of hydrogen-bond acceptors (Lipinski definition) is 2. The number of benzene rings is 9. The van der Waals surface area contributed by atoms with E-state index in [-0.39, 0.29) is 0 Å². The average molecular weight is 847 g/mol. The van der Waals surface area contributed by atoms with Crippen molar-refractivity contribution in [2.45, 2.75) is 6.92 Å². The van der Waals surface area contributed by atoms with Gasteiger partial charge in [0.25, 0.3) is 0 Å². The zero-order chi connectivity index (χ0) is 42.6. The Kier molecular flexibility index (Phi) is 9.68. The predicted molar refractivity (Wildman–Crippen MR) is 278 cm³/mol. The third kappa shape index (κ3) is 5.86. The van der Waals surface area contributed by atoms with Crippen LogP contribution in [-0.4, -0.2) is 18.3 Å². The highest BCUT2D eigenvalue weighted by molar-refractivity contribution is 8.59. The van der Waals surface area contributed by atoms with Gasteiger partial charge in [-0.1, -0.05) is 127 Å². The van der Waals surface area contributed by atoms with Crippen LogP contribution in [0.5, 0.6) is 0 Å². The summed E-state index contributed by atoms with van der Waals surface area (Å²) >= 11 is 6.44. The fraction of sp³-hybridized carbons (Fsp3) is 0.0175. The maximum Gasteiger partial charge on any atom is 0.0641 e. The molecule has 4 heterocycles. The minimum atomic E-state index is 1.12. The van der Waals surface area contributed by atoms with Crippen LogP contribution in [0.2, 0.25) is 0 Å². The quantitative estimate of drug-likeness (QED) is 0.1000. The van der Waals surface area contributed by atoms with Crippen LogP contribution in [0.4, 0.5) is 0 Å². The van der Waals surface area contributed by atoms with Crippen molar-refractivity contribution in [3.63, 3.8) is 0 Å². The number of fused-ring (bicyclic) bond motifs is 14. The second kappa shape index (κ2) is 15.8. The van der Waals surface area contributed by atoms with Crippen LogP contribution < -0.4 is 0 Å². The molecule has 13 rings (SSSR count). The zero-order valence-corrected chi connectivity index (χ0v) is 36.4. The van der Waals surface area contributed by atoms with Crippen molar-refractivity contribution in [1.82, 2.24) is 18.3 Å². The van der Waals surface area contributed by atoms with E-state index >= 15 is 0 Å². The minimum absolute atomic E-state index is 1.12. The number of nitrogens with zero attached hydrogens (tertiary/aromatic N) is 4. The van der Waals surface area contributed by atoms with Crippen molar-refractivity contribution >= 4 is 111 Å². The molecule has 13 aromatic rings. The molecule has 4 nitrogen and oxygen atoms in total. The van der Waals surface area contributed by atoms with Gasteiger partial charge in [0.15, 0.2) is 0 Å². The predicted octanol–water partition coefficient (Wildman–Crippen LogP) is 16.0. The molecule has 6 heteroatoms. The molecule has 9 aromatic carbocycles. The van der Waals surface area contributed by atoms with Crippen LogP contribution in [0.1, 0.15) is 6.92 Å². The maximum absolute atomic E-state index is 3.36. The van der Waals surface area contributed by atoms with E-state index in [9.17, 15) is 0 Å². The monoisotopic (exact) mass is 846 g/mol. The first-order valence-electron chi connectivity index (χ1n) is 21.1. The lowest BCUT2D eigenvalue weighted by molar-refractivity contribution is 1.13. The van der Waals surface area contributed by atoms with E-state index in [2.05, 4.69) is 254 Å². The van der Waals surface area contributed by atoms with Crippen LogP contribution in [0.25, 0.3) is 110 Å². The van der Waals surface area contributed by atoms with Gasteiger partial charge < -0.3 is 18.3 Å². The van der Waals surface area contributed by atoms with Crippen molar-refractivity contribution in [3.8, 4) is 22.7 Å². The summed E-state index contributed by atoms with van der Waals surface area (Å²) in [5, 5.41) is 10.1. The highest BCUT2D eigenvalue weighted by Gasteiger charge is 2.23. The molecule has 4 aromatic heterocycles. The summed E-state index contributed by atoms with van der Waals surface area (Å²) in [6.07, 6.45) is 1.75. The molecule has 0 aliphatic heterocycles. The Morgan fingerprint density at radius 1 is 0.317 bits per heavy atom. The fourth-order valence-electron chi connectivity index (χ4n) is 10.1. The van der Waals surface area contributed by atoms with E-state index < -0.39 is 0 Å². The largest absolute Gasteiger partial charge is 0.309 e. The van der Waals surface area contributed by atoms with Gasteiger partial charge in [0.2, 0.25) is 0 Å². The van der Waals surface area contributed by atoms with Crippen LogP contribution in [-0.2, 0) is 0 Å². The van der Waals surface area contributed by atoms with Gasteiger partial charge in [-0.15, -0.1) is 29.9 Å². The summed E-state index contributed by atoms with van der Waals surface area (Å²) in [6, 6.07) is 75.3. The van der Waals surface area contributed by atoms with Crippen LogP contribution in [0, 0.1) is 0 Å². The van der Waals surface area contributed by atoms with Gasteiger partial charge in [0, 0.05) is 65.8 Å². The third-order valence-corrected chi connectivity index (χ3v) is 12.3. The van der Waals surface area contributed by atoms with Gasteiger partial charge in [0.05, 0.1) is 44.1 Å². The summed E-state index contributed by atoms with van der Waals surface area (Å²) in [5.74, 6) is 0. The zero-order valence-electron chi connectivity index (χ0n) is 34.6. The van der Waals surface area contributed by atoms with Gasteiger partial charge >= 0.3 is 0 Å². The van der Waals surface area contributed by atoms with E-state index in [0.29, 0.717) is 0 Å². The molecular weight excluding hydrogens is 805 g/mol. The standard InChI is InChI=1S/C54H34N4.C3H6.H2S2/c1-3-16-35(17-4-1)55-45-27-12-8-23-41(45)51-48(55)32-33-49-52(51)42-24-9-13-28-46(42)56(49)37-20-15-21-38(34-37)57-47-29-14-10-25-43(47)53-50(57)31-30-40-39-22-7-11-26-44(39)58(54(40)53)36-18-5-2-6-19-36;1-3-2;1-2/h1-34H;3H,1H2,2H3;1-2H. The Morgan fingerprint density at radius 3 is 1.14 bits per heavy atom. The summed E-state index contributed by atoms with van der Waals surface area (Å²) in [5.41, 5.74) is 14.2. The molecule has 63 heavy (non-hydrogen) atoms. The summed E-state index contributed by atoms with van der Waals surface area (Å²) in [4.78, 5) is 0. The highest BCUT2D eigenvalue weighted by atomic mass is 33.1. The number of hydrogen-bond donors (Lipinski definition) is 2. The second-order valence-electron chi connectivity index (χ2n) is 15.7. The number of thiol groups is 2. The molecule has 0 fully saturated rings. The Labute approximate surface area is 375 Å². The topological polar surface area (TPSA) is 19.7 Å². The molecular formula is C57H42N4S2. The van der Waals surface area contributed by atoms with Crippen molar-refractivity contribution in [1.29, 1.82) is 0 Å². The lowest BCUT2D eigenvalue weighted by atomic mass is 10.1. The smallest absolute Gasteiger partial charge is 0.0641 e. The Balaban J connectivity index is 0.000000855. The van der Waals surface area contributed by atoms with Gasteiger partial charge in [0.1, 0.15) is 0 Å². The molecule has 0 atom stereocenters. The molecule has 0 bridgehead atoms. The SMILES string of the molecule is C=CC.SS.c1ccc(-n2c3ccccc3c3c4c5ccccc5n(-c5cccc(-n6c7ccccc7c7c6ccc6c8ccccc8n(-c8ccccc8)c67)c5)c4ccc32)cc1. The Morgan fingerprint density at radius 2 is 0.651 bits per heavy atom. The van der Waals surface area contributed by atoms with Gasteiger partial charge in [-0.3, -0.25) is 0 Å². The molecule has 302 valence electrons. The van der Waals surface area contributed by atoms with E-state index in [1.807, 2.05) is 6.92 Å². The van der Waals surface area contributed by atoms with Crippen molar-refractivity contribution < 1.29 is 0 Å². The number of aromatic nitrogens is 4. The molecule has 0 N–H and O–H groups in total. The second-order valence-corrected chi connectivity index (χ2v) is 15.7. The summed E-state index contributed by atoms with van der Waals surface area (Å²) < 4.78 is 9.78. The van der Waals surface area contributed by atoms with E-state index in [1.54, 1.807) is 6.08 Å². The minimum Gasteiger partial charge on any atom is -0.309 e. The molecule has 0 unspecified atom stereocenters. The number of para-hydroxylation sites is 6. The van der Waals surface area contributed by atoms with E-state index in [1.165, 1.54) is 87.2 Å². The summed E-state index contributed by atoms with van der Waals surface area (Å²) in [6.45, 7) is 5.25. The normalized spacial score (nSPS) is 11.5. The molecule has 0 saturated carbocycles. The van der Waals surface area contributed by atoms with Gasteiger partial charge in [-0.25, -0.2) is 0 Å². The fourth-order valence-corrected chi connectivity index (χ4v) is 10.1. The van der Waals surface area contributed by atoms with Crippen molar-refractivity contribution in [2.24, 2.45) is 0 Å². The Hall–Kier alpha value is -7.38. The molecule has 0 aliphatic rings. The molecule has 0 aliphatic carbocycles. The van der Waals surface area contributed by atoms with E-state index in [4.69, 9.17) is 0 Å². The molecule has 0 saturated heterocycles. The average Bonchev–Trinajstić information content (AvgIpc) is 4.08. The van der Waals surface area contributed by atoms with E-state index in [0.717, 1.165) is 22.7 Å². The third-order valence-electron chi connectivity index (χ3n) is 12.3. The van der Waals surface area contributed by atoms with Gasteiger partial charge in [-0.05, 0) is 91.9 Å². The van der Waals surface area contributed by atoms with Crippen molar-refractivity contribution in [3.05, 3.63) is 219 Å². The molecule has 0 amide bonds. The number of rotatable bonds is 4. The van der Waals surface area contributed by atoms with Crippen LogP contribution >= 0.6 is 23.3 Å². The molecule has 0 radical (unpaired) electrons. The number of allylic oxidation sites excluding steroid dienone is 1. The van der Waals surface area contributed by atoms with Crippen molar-refractivity contribution in [2.75, 3.05) is 0 Å². The first-order chi connectivity index (χ1) is 31.2. The van der Waals surface area contributed by atoms with Gasteiger partial charge in [-0.2, -0.15) is 0 Å². The first-order valence-corrected chi connectivity index (χ1v) is 22.7. The van der Waals surface area contributed by atoms with Crippen LogP contribution in [0.15, 0.2) is 219 Å². The lowest BCUT2D eigenvalue weighted by Crippen LogP contribution is -1.99.